The van der Waals surface area contributed by atoms with Crippen LogP contribution < -0.4 is 11.5 Å². The molecule has 0 saturated heterocycles. The Bertz CT molecular complexity index is 2610. The quantitative estimate of drug-likeness (QED) is 0.185. The van der Waals surface area contributed by atoms with Crippen LogP contribution in [0.1, 0.15) is 0 Å². The molecule has 0 spiro atoms. The van der Waals surface area contributed by atoms with Crippen molar-refractivity contribution in [1.82, 2.24) is 19.5 Å². The maximum absolute atomic E-state index is 7.22. The summed E-state index contributed by atoms with van der Waals surface area (Å²) in [7, 11) is 0. The van der Waals surface area contributed by atoms with Gasteiger partial charge in [-0.15, -0.1) is 11.3 Å². The number of fused-ring (bicyclic) bond motifs is 2. The average Bonchev–Trinajstić information content (AvgIpc) is 3.67. The van der Waals surface area contributed by atoms with E-state index in [0.29, 0.717) is 23.3 Å². The number of hydrogen-bond acceptors (Lipinski definition) is 6. The maximum atomic E-state index is 7.22. The van der Waals surface area contributed by atoms with Gasteiger partial charge in [-0.2, -0.15) is 0 Å². The van der Waals surface area contributed by atoms with E-state index in [0.717, 1.165) is 70.6 Å². The van der Waals surface area contributed by atoms with Crippen LogP contribution in [0, 0.1) is 0 Å². The van der Waals surface area contributed by atoms with Gasteiger partial charge in [0, 0.05) is 43.4 Å². The number of nitrogens with two attached hydrogens (primary N) is 2. The van der Waals surface area contributed by atoms with E-state index in [1.165, 1.54) is 0 Å². The van der Waals surface area contributed by atoms with Gasteiger partial charge in [-0.25, -0.2) is 15.0 Å². The summed E-state index contributed by atoms with van der Waals surface area (Å²) in [5, 5.41) is 2.07. The van der Waals surface area contributed by atoms with Crippen LogP contribution in [0.5, 0.6) is 0 Å². The van der Waals surface area contributed by atoms with Gasteiger partial charge in [0.05, 0.1) is 16.1 Å². The molecule has 6 nitrogen and oxygen atoms in total. The molecule has 4 N–H and O–H groups in total. The van der Waals surface area contributed by atoms with Gasteiger partial charge in [-0.05, 0) is 41.5 Å². The third-order valence-corrected chi connectivity index (χ3v) is 10.2. The molecular weight excluding hydrogens is 633 g/mol. The summed E-state index contributed by atoms with van der Waals surface area (Å²) >= 11 is 1.67. The molecule has 0 saturated carbocycles. The number of aromatic nitrogens is 4. The molecule has 0 bridgehead atoms. The molecule has 6 aromatic carbocycles. The van der Waals surface area contributed by atoms with Crippen LogP contribution in [0.3, 0.4) is 0 Å². The fourth-order valence-electron chi connectivity index (χ4n) is 6.63. The number of benzene rings is 6. The lowest BCUT2D eigenvalue weighted by Crippen LogP contribution is -2.03. The highest BCUT2D eigenvalue weighted by atomic mass is 32.1. The lowest BCUT2D eigenvalue weighted by atomic mass is 10.0. The molecule has 9 aromatic rings. The topological polar surface area (TPSA) is 95.6 Å². The predicted molar refractivity (Wildman–Crippen MR) is 208 cm³/mol. The highest BCUT2D eigenvalue weighted by Crippen LogP contribution is 2.48. The van der Waals surface area contributed by atoms with E-state index in [4.69, 9.17) is 26.4 Å². The Labute approximate surface area is 293 Å². The zero-order chi connectivity index (χ0) is 33.6. The van der Waals surface area contributed by atoms with E-state index in [9.17, 15) is 0 Å². The third kappa shape index (κ3) is 5.08. The summed E-state index contributed by atoms with van der Waals surface area (Å²) in [5.41, 5.74) is 22.4. The summed E-state index contributed by atoms with van der Waals surface area (Å²) in [4.78, 5) is 16.0. The van der Waals surface area contributed by atoms with E-state index < -0.39 is 0 Å². The fourth-order valence-corrected chi connectivity index (χ4v) is 7.82. The molecule has 50 heavy (non-hydrogen) atoms. The third-order valence-electron chi connectivity index (χ3n) is 9.01. The van der Waals surface area contributed by atoms with Crippen molar-refractivity contribution in [1.29, 1.82) is 0 Å². The summed E-state index contributed by atoms with van der Waals surface area (Å²) in [6.07, 6.45) is 0. The van der Waals surface area contributed by atoms with Crippen LogP contribution in [0.4, 0.5) is 11.5 Å². The summed E-state index contributed by atoms with van der Waals surface area (Å²) in [6, 6.07) is 53.4. The van der Waals surface area contributed by atoms with Gasteiger partial charge < -0.3 is 11.5 Å². The Hall–Kier alpha value is -6.57. The van der Waals surface area contributed by atoms with Crippen LogP contribution in [-0.2, 0) is 0 Å². The SMILES string of the molecule is Nc1c(-c2c(N)n(-c3cc(-c4ccccc4)cc(-c4nc(-c5ccccc5)nc(-c5ccccc5)n4)c3)c3ccccc23)sc2ccccc12. The molecule has 7 heteroatoms. The van der Waals surface area contributed by atoms with Crippen LogP contribution in [0.2, 0.25) is 0 Å². The van der Waals surface area contributed by atoms with Gasteiger partial charge in [-0.1, -0.05) is 127 Å². The highest BCUT2D eigenvalue weighted by molar-refractivity contribution is 7.23. The second kappa shape index (κ2) is 12.1. The number of nitrogen functional groups attached to an aromatic ring is 2. The Morgan fingerprint density at radius 1 is 0.460 bits per heavy atom. The maximum Gasteiger partial charge on any atom is 0.164 e. The van der Waals surface area contributed by atoms with Gasteiger partial charge in [0.25, 0.3) is 0 Å². The number of thiophene rings is 1. The Kier molecular flexibility index (Phi) is 7.18. The first kappa shape index (κ1) is 29.6. The molecule has 0 atom stereocenters. The average molecular weight is 663 g/mol. The molecule has 0 fully saturated rings. The lowest BCUT2D eigenvalue weighted by molar-refractivity contribution is 1.07. The largest absolute Gasteiger partial charge is 0.397 e. The van der Waals surface area contributed by atoms with Gasteiger partial charge >= 0.3 is 0 Å². The van der Waals surface area contributed by atoms with Gasteiger partial charge in [0.1, 0.15) is 5.82 Å². The number of nitrogens with zero attached hydrogens (tertiary/aromatic N) is 4. The first-order valence-corrected chi connectivity index (χ1v) is 17.2. The molecular formula is C43H30N6S. The van der Waals surface area contributed by atoms with E-state index >= 15 is 0 Å². The van der Waals surface area contributed by atoms with Crippen molar-refractivity contribution < 1.29 is 0 Å². The van der Waals surface area contributed by atoms with Crippen LogP contribution in [0.25, 0.3) is 82.4 Å². The molecule has 0 unspecified atom stereocenters. The lowest BCUT2D eigenvalue weighted by Gasteiger charge is -2.15. The van der Waals surface area contributed by atoms with Crippen LogP contribution in [-0.4, -0.2) is 19.5 Å². The number of anilines is 2. The van der Waals surface area contributed by atoms with Crippen molar-refractivity contribution in [2.75, 3.05) is 11.5 Å². The van der Waals surface area contributed by atoms with Crippen molar-refractivity contribution >= 4 is 43.8 Å². The molecule has 0 aliphatic heterocycles. The van der Waals surface area contributed by atoms with E-state index in [1.54, 1.807) is 11.3 Å². The molecule has 0 amide bonds. The Morgan fingerprint density at radius 2 is 0.960 bits per heavy atom. The van der Waals surface area contributed by atoms with E-state index in [-0.39, 0.29) is 0 Å². The van der Waals surface area contributed by atoms with Crippen molar-refractivity contribution in [3.05, 3.63) is 158 Å². The standard InChI is InChI=1S/C43H30N6S/c44-38-34-21-11-13-23-36(34)50-39(38)37-33-20-10-12-22-35(33)49(40(37)45)32-25-30(27-14-4-1-5-15-27)24-31(26-32)43-47-41(28-16-6-2-7-17-28)46-42(48-43)29-18-8-3-9-19-29/h1-26H,44-45H2. The number of rotatable bonds is 6. The highest BCUT2D eigenvalue weighted by Gasteiger charge is 2.23. The molecule has 9 rings (SSSR count). The first-order valence-electron chi connectivity index (χ1n) is 16.4. The van der Waals surface area contributed by atoms with Crippen molar-refractivity contribution in [3.8, 4) is 61.4 Å². The molecule has 0 aliphatic carbocycles. The molecule has 0 aliphatic rings. The fraction of sp³-hybridized carbons (Fsp3) is 0. The summed E-state index contributed by atoms with van der Waals surface area (Å²) < 4.78 is 3.25. The van der Waals surface area contributed by atoms with Gasteiger partial charge in [0.2, 0.25) is 0 Å². The van der Waals surface area contributed by atoms with E-state index in [1.807, 2.05) is 103 Å². The van der Waals surface area contributed by atoms with Crippen molar-refractivity contribution in [2.24, 2.45) is 0 Å². The predicted octanol–water partition coefficient (Wildman–Crippen LogP) is 10.5. The van der Waals surface area contributed by atoms with Gasteiger partial charge in [0.15, 0.2) is 17.5 Å². The molecule has 0 radical (unpaired) electrons. The van der Waals surface area contributed by atoms with Crippen molar-refractivity contribution in [3.63, 3.8) is 0 Å². The number of para-hydroxylation sites is 1. The monoisotopic (exact) mass is 662 g/mol. The Balaban J connectivity index is 1.31. The van der Waals surface area contributed by atoms with Crippen LogP contribution >= 0.6 is 11.3 Å². The second-order valence-electron chi connectivity index (χ2n) is 12.1. The minimum atomic E-state index is 0.570. The minimum absolute atomic E-state index is 0.570. The normalized spacial score (nSPS) is 11.4. The minimum Gasteiger partial charge on any atom is -0.397 e. The molecule has 3 heterocycles. The number of hydrogen-bond donors (Lipinski definition) is 2. The van der Waals surface area contributed by atoms with Crippen LogP contribution in [0.15, 0.2) is 158 Å². The second-order valence-corrected chi connectivity index (χ2v) is 13.2. The van der Waals surface area contributed by atoms with Gasteiger partial charge in [-0.3, -0.25) is 4.57 Å². The molecule has 238 valence electrons. The first-order chi connectivity index (χ1) is 24.6. The summed E-state index contributed by atoms with van der Waals surface area (Å²) in [6.45, 7) is 0. The zero-order valence-corrected chi connectivity index (χ0v) is 27.7. The Morgan fingerprint density at radius 3 is 1.58 bits per heavy atom. The molecule has 3 aromatic heterocycles. The zero-order valence-electron chi connectivity index (χ0n) is 26.9. The smallest absolute Gasteiger partial charge is 0.164 e. The van der Waals surface area contributed by atoms with Crippen molar-refractivity contribution in [2.45, 2.75) is 0 Å². The van der Waals surface area contributed by atoms with E-state index in [2.05, 4.69) is 59.2 Å². The summed E-state index contributed by atoms with van der Waals surface area (Å²) in [5.74, 6) is 2.40.